The molecule has 0 aromatic heterocycles. The molecule has 4 heteroatoms. The molecular weight excluding hydrogens is 137 g/mol. The Hall–Kier alpha value is -1.06. The Morgan fingerprint density at radius 2 is 2.00 bits per heavy atom. The second-order valence-electron chi connectivity index (χ2n) is 2.27. The van der Waals surface area contributed by atoms with Gasteiger partial charge in [-0.1, -0.05) is 13.8 Å². The topological polar surface area (TPSA) is 66.4 Å². The SMILES string of the molecule is CC(C)C(=O)[15NH][13CH2][13C](=O)O. The molecule has 0 aromatic rings. The fraction of sp³-hybridized carbons (Fsp3) is 0.667. The van der Waals surface area contributed by atoms with Gasteiger partial charge in [0.2, 0.25) is 5.91 Å². The molecule has 0 atom stereocenters. The van der Waals surface area contributed by atoms with E-state index in [0.717, 1.165) is 0 Å². The summed E-state index contributed by atoms with van der Waals surface area (Å²) >= 11 is 0. The Bertz CT molecular complexity index is 142. The van der Waals surface area contributed by atoms with Crippen molar-refractivity contribution in [3.8, 4) is 0 Å². The molecule has 0 saturated heterocycles. The van der Waals surface area contributed by atoms with Crippen LogP contribution in [-0.4, -0.2) is 23.5 Å². The lowest BCUT2D eigenvalue weighted by molar-refractivity contribution is -0.138. The van der Waals surface area contributed by atoms with Crippen molar-refractivity contribution >= 4 is 11.9 Å². The molecule has 10 heavy (non-hydrogen) atoms. The molecule has 0 aliphatic rings. The summed E-state index contributed by atoms with van der Waals surface area (Å²) in [6.07, 6.45) is 0. The second-order valence-corrected chi connectivity index (χ2v) is 2.27. The first-order valence-electron chi connectivity index (χ1n) is 3.03. The number of hydrogen-bond acceptors (Lipinski definition) is 2. The highest BCUT2D eigenvalue weighted by molar-refractivity contribution is 5.82. The van der Waals surface area contributed by atoms with Gasteiger partial charge in [-0.15, -0.1) is 0 Å². The highest BCUT2D eigenvalue weighted by Gasteiger charge is 2.06. The molecule has 0 rings (SSSR count). The number of carbonyl (C=O) groups is 2. The Labute approximate surface area is 59.2 Å². The van der Waals surface area contributed by atoms with Crippen LogP contribution in [0.4, 0.5) is 0 Å². The van der Waals surface area contributed by atoms with Crippen LogP contribution in [0.25, 0.3) is 0 Å². The summed E-state index contributed by atoms with van der Waals surface area (Å²) in [5.41, 5.74) is 0. The minimum atomic E-state index is -1.02. The minimum Gasteiger partial charge on any atom is -0.480 e. The number of nitrogens with one attached hydrogen (secondary N) is 1. The molecule has 0 aromatic carbocycles. The lowest BCUT2D eigenvalue weighted by atomic mass is 10.2. The summed E-state index contributed by atoms with van der Waals surface area (Å²) in [5, 5.41) is 10.4. The highest BCUT2D eigenvalue weighted by atomic mass is 16.5. The van der Waals surface area contributed by atoms with Crippen molar-refractivity contribution in [1.29, 1.82) is 0 Å². The van der Waals surface area contributed by atoms with E-state index < -0.39 is 5.97 Å². The minimum absolute atomic E-state index is 0.153. The quantitative estimate of drug-likeness (QED) is 0.432. The molecule has 0 saturated carbocycles. The van der Waals surface area contributed by atoms with Crippen LogP contribution in [0.15, 0.2) is 0 Å². The average molecular weight is 148 g/mol. The first kappa shape index (κ1) is 8.94. The van der Waals surface area contributed by atoms with Crippen molar-refractivity contribution in [2.75, 3.05) is 6.54 Å². The van der Waals surface area contributed by atoms with Crippen LogP contribution >= 0.6 is 0 Å². The number of carboxylic acids is 1. The zero-order valence-corrected chi connectivity index (χ0v) is 6.05. The number of carbonyl (C=O) groups excluding carboxylic acids is 1. The van der Waals surface area contributed by atoms with Gasteiger partial charge in [0.05, 0.1) is 0 Å². The maximum absolute atomic E-state index is 10.7. The van der Waals surface area contributed by atoms with E-state index in [0.29, 0.717) is 0 Å². The first-order valence-corrected chi connectivity index (χ1v) is 3.03. The van der Waals surface area contributed by atoms with Gasteiger partial charge in [0.25, 0.3) is 0 Å². The zero-order valence-electron chi connectivity index (χ0n) is 6.05. The Morgan fingerprint density at radius 3 is 2.30 bits per heavy atom. The molecule has 0 heterocycles. The Balaban J connectivity index is 3.50. The van der Waals surface area contributed by atoms with E-state index in [-0.39, 0.29) is 18.4 Å². The number of rotatable bonds is 3. The number of amides is 1. The van der Waals surface area contributed by atoms with Gasteiger partial charge in [0.15, 0.2) is 0 Å². The van der Waals surface area contributed by atoms with Gasteiger partial charge in [0, 0.05) is 5.92 Å². The van der Waals surface area contributed by atoms with Crippen molar-refractivity contribution in [2.24, 2.45) is 5.92 Å². The van der Waals surface area contributed by atoms with Crippen molar-refractivity contribution in [3.63, 3.8) is 0 Å². The maximum Gasteiger partial charge on any atom is 0.322 e. The molecule has 0 radical (unpaired) electrons. The predicted molar refractivity (Wildman–Crippen MR) is 35.5 cm³/mol. The van der Waals surface area contributed by atoms with Crippen LogP contribution in [0.3, 0.4) is 0 Å². The fourth-order valence-electron chi connectivity index (χ4n) is 0.367. The van der Waals surface area contributed by atoms with E-state index in [1.165, 1.54) is 0 Å². The molecule has 0 spiro atoms. The summed E-state index contributed by atoms with van der Waals surface area (Å²) < 4.78 is 0. The van der Waals surface area contributed by atoms with E-state index in [1.54, 1.807) is 13.8 Å². The molecule has 1 amide bonds. The van der Waals surface area contributed by atoms with Crippen molar-refractivity contribution in [2.45, 2.75) is 13.8 Å². The van der Waals surface area contributed by atoms with Crippen molar-refractivity contribution in [3.05, 3.63) is 0 Å². The third-order valence-electron chi connectivity index (χ3n) is 0.938. The first-order chi connectivity index (χ1) is 4.54. The molecule has 2 N–H and O–H groups in total. The summed E-state index contributed by atoms with van der Waals surface area (Å²) in [6, 6.07) is 0. The van der Waals surface area contributed by atoms with Gasteiger partial charge < -0.3 is 10.4 Å². The van der Waals surface area contributed by atoms with E-state index in [2.05, 4.69) is 5.32 Å². The smallest absolute Gasteiger partial charge is 0.322 e. The number of carboxylic acid groups (broad SMARTS) is 1. The summed E-state index contributed by atoms with van der Waals surface area (Å²) in [6.45, 7) is 3.12. The van der Waals surface area contributed by atoms with Crippen molar-refractivity contribution in [1.82, 2.24) is 5.32 Å². The van der Waals surface area contributed by atoms with Crippen molar-refractivity contribution < 1.29 is 14.7 Å². The lowest BCUT2D eigenvalue weighted by Crippen LogP contribution is -2.32. The molecule has 0 bridgehead atoms. The third kappa shape index (κ3) is 3.88. The van der Waals surface area contributed by atoms with E-state index in [4.69, 9.17) is 5.11 Å². The number of hydrogen-bond donors (Lipinski definition) is 2. The standard InChI is InChI=1S/C6H11NO3/c1-4(2)6(10)7-3-5(8)9/h4H,3H2,1-2H3,(H,7,10)(H,8,9)/i3+1,5+1,7+1. The summed E-state index contributed by atoms with van der Waals surface area (Å²) in [5.74, 6) is -1.41. The normalized spacial score (nSPS) is 9.50. The van der Waals surface area contributed by atoms with E-state index in [9.17, 15) is 9.59 Å². The van der Waals surface area contributed by atoms with Gasteiger partial charge in [-0.05, 0) is 0 Å². The number of aliphatic carboxylic acids is 1. The lowest BCUT2D eigenvalue weighted by Gasteiger charge is -2.03. The molecule has 0 aliphatic heterocycles. The zero-order chi connectivity index (χ0) is 8.15. The monoisotopic (exact) mass is 148 g/mol. The molecule has 58 valence electrons. The van der Waals surface area contributed by atoms with Gasteiger partial charge in [-0.25, -0.2) is 0 Å². The van der Waals surface area contributed by atoms with Gasteiger partial charge >= 0.3 is 5.97 Å². The Kier molecular flexibility index (Phi) is 3.46. The summed E-state index contributed by atoms with van der Waals surface area (Å²) in [7, 11) is 0. The molecule has 4 nitrogen and oxygen atoms in total. The molecule has 0 unspecified atom stereocenters. The van der Waals surface area contributed by atoms with Gasteiger partial charge in [-0.2, -0.15) is 0 Å². The van der Waals surface area contributed by atoms with E-state index >= 15 is 0 Å². The Morgan fingerprint density at radius 1 is 1.50 bits per heavy atom. The van der Waals surface area contributed by atoms with Gasteiger partial charge in [0.1, 0.15) is 6.54 Å². The largest absolute Gasteiger partial charge is 0.480 e. The van der Waals surface area contributed by atoms with Crippen LogP contribution in [0.1, 0.15) is 13.8 Å². The van der Waals surface area contributed by atoms with Crippen LogP contribution in [-0.2, 0) is 9.59 Å². The highest BCUT2D eigenvalue weighted by Crippen LogP contribution is 1.88. The maximum atomic E-state index is 10.7. The average Bonchev–Trinajstić information content (AvgIpc) is 1.82. The molecule has 0 aliphatic carbocycles. The van der Waals surface area contributed by atoms with Crippen LogP contribution in [0.5, 0.6) is 0 Å². The summed E-state index contributed by atoms with van der Waals surface area (Å²) in [4.78, 5) is 20.6. The fourth-order valence-corrected chi connectivity index (χ4v) is 0.367. The van der Waals surface area contributed by atoms with E-state index in [1.807, 2.05) is 0 Å². The molecule has 0 fully saturated rings. The predicted octanol–water partition coefficient (Wildman–Crippen LogP) is -0.157. The van der Waals surface area contributed by atoms with Crippen LogP contribution in [0, 0.1) is 5.92 Å². The third-order valence-corrected chi connectivity index (χ3v) is 0.938. The second kappa shape index (κ2) is 3.87. The molecular formula is C6H11NO3. The van der Waals surface area contributed by atoms with Crippen LogP contribution in [0.2, 0.25) is 0 Å². The van der Waals surface area contributed by atoms with Gasteiger partial charge in [-0.3, -0.25) is 9.59 Å². The van der Waals surface area contributed by atoms with Crippen LogP contribution < -0.4 is 5.32 Å².